The van der Waals surface area contributed by atoms with Crippen LogP contribution in [0.15, 0.2) is 35.9 Å². The summed E-state index contributed by atoms with van der Waals surface area (Å²) in [5.74, 6) is -0.806. The lowest BCUT2D eigenvalue weighted by atomic mass is 9.33. The highest BCUT2D eigenvalue weighted by atomic mass is 16.5. The monoisotopic (exact) mass is 590 g/mol. The molecule has 2 N–H and O–H groups in total. The smallest absolute Gasteiger partial charge is 0.339 e. The fraction of sp³-hybridized carbons (Fsp3) is 0.703. The largest absolute Gasteiger partial charge is 0.489 e. The molecule has 0 amide bonds. The Hall–Kier alpha value is -2.63. The Labute approximate surface area is 256 Å². The molecule has 0 aliphatic heterocycles. The first-order valence-electron chi connectivity index (χ1n) is 16.4. The van der Waals surface area contributed by atoms with Gasteiger partial charge in [-0.25, -0.2) is 4.79 Å². The number of fused-ring (bicyclic) bond motifs is 7. The van der Waals surface area contributed by atoms with Crippen molar-refractivity contribution in [3.05, 3.63) is 41.5 Å². The van der Waals surface area contributed by atoms with Gasteiger partial charge in [-0.1, -0.05) is 59.2 Å². The Balaban J connectivity index is 1.36. The standard InChI is InChI=1S/C37H50O6/c1-32(2)27-12-15-37(7)29(35(27,5)14-13-28(32)43-26-11-9-8-10-22(26)30(39)40)25(38)20-23-24-21-34(4,31(41)42)17-16-33(24,3)18-19-36(23,37)6/h8-11,20,24,27-29H,12-19,21H2,1-7H3,(H,39,40)(H,41,42)/t24-,27-,28-,29+,33+,34-,35-,36+,37+/m0/s1. The fourth-order valence-corrected chi connectivity index (χ4v) is 11.5. The van der Waals surface area contributed by atoms with Crippen molar-refractivity contribution in [3.8, 4) is 5.75 Å². The number of ether oxygens (including phenoxy) is 1. The van der Waals surface area contributed by atoms with Gasteiger partial charge in [-0.15, -0.1) is 0 Å². The molecule has 6 rings (SSSR count). The minimum atomic E-state index is -0.990. The zero-order valence-electron chi connectivity index (χ0n) is 27.1. The molecular weight excluding hydrogens is 540 g/mol. The first-order valence-corrected chi connectivity index (χ1v) is 16.4. The van der Waals surface area contributed by atoms with E-state index in [1.54, 1.807) is 18.2 Å². The molecular formula is C37H50O6. The van der Waals surface area contributed by atoms with Crippen LogP contribution < -0.4 is 4.74 Å². The summed E-state index contributed by atoms with van der Waals surface area (Å²) < 4.78 is 6.53. The van der Waals surface area contributed by atoms with Crippen LogP contribution in [0.3, 0.4) is 0 Å². The normalized spacial score (nSPS) is 45.0. The molecule has 234 valence electrons. The molecule has 0 radical (unpaired) electrons. The predicted molar refractivity (Wildman–Crippen MR) is 165 cm³/mol. The number of hydrogen-bond acceptors (Lipinski definition) is 4. The Bertz CT molecular complexity index is 1410. The molecule has 1 aromatic carbocycles. The summed E-state index contributed by atoms with van der Waals surface area (Å²) >= 11 is 0. The molecule has 5 aliphatic carbocycles. The summed E-state index contributed by atoms with van der Waals surface area (Å²) in [6.07, 6.45) is 9.71. The van der Waals surface area contributed by atoms with Gasteiger partial charge in [0.25, 0.3) is 0 Å². The summed E-state index contributed by atoms with van der Waals surface area (Å²) in [5, 5.41) is 19.9. The maximum atomic E-state index is 14.6. The Morgan fingerprint density at radius 1 is 0.860 bits per heavy atom. The van der Waals surface area contributed by atoms with E-state index in [4.69, 9.17) is 4.74 Å². The van der Waals surface area contributed by atoms with Gasteiger partial charge < -0.3 is 14.9 Å². The molecule has 6 nitrogen and oxygen atoms in total. The number of para-hydroxylation sites is 1. The molecule has 9 atom stereocenters. The molecule has 0 bridgehead atoms. The molecule has 0 unspecified atom stereocenters. The van der Waals surface area contributed by atoms with Crippen LogP contribution in [0.2, 0.25) is 0 Å². The predicted octanol–water partition coefficient (Wildman–Crippen LogP) is 8.20. The van der Waals surface area contributed by atoms with E-state index in [0.717, 1.165) is 44.9 Å². The fourth-order valence-electron chi connectivity index (χ4n) is 11.5. The molecule has 43 heavy (non-hydrogen) atoms. The van der Waals surface area contributed by atoms with Crippen molar-refractivity contribution in [2.75, 3.05) is 0 Å². The highest BCUT2D eigenvalue weighted by Gasteiger charge is 2.70. The van der Waals surface area contributed by atoms with Gasteiger partial charge in [-0.2, -0.15) is 0 Å². The molecule has 0 saturated heterocycles. The highest BCUT2D eigenvalue weighted by molar-refractivity contribution is 5.96. The number of carboxylic acid groups (broad SMARTS) is 2. The van der Waals surface area contributed by atoms with Gasteiger partial charge >= 0.3 is 11.9 Å². The Morgan fingerprint density at radius 2 is 1.53 bits per heavy atom. The number of carbonyl (C=O) groups is 3. The summed E-state index contributed by atoms with van der Waals surface area (Å²) in [5.41, 5.74) is -0.140. The van der Waals surface area contributed by atoms with Crippen molar-refractivity contribution >= 4 is 17.7 Å². The second-order valence-electron chi connectivity index (χ2n) is 16.8. The summed E-state index contributed by atoms with van der Waals surface area (Å²) in [6, 6.07) is 6.89. The third-order valence-corrected chi connectivity index (χ3v) is 14.4. The maximum absolute atomic E-state index is 14.6. The van der Waals surface area contributed by atoms with E-state index < -0.39 is 17.4 Å². The number of aliphatic carboxylic acids is 1. The van der Waals surface area contributed by atoms with E-state index in [1.807, 2.05) is 19.1 Å². The minimum absolute atomic E-state index is 0.0362. The lowest BCUT2D eigenvalue weighted by Gasteiger charge is -2.70. The summed E-state index contributed by atoms with van der Waals surface area (Å²) in [6.45, 7) is 15.9. The third-order valence-electron chi connectivity index (χ3n) is 14.4. The summed E-state index contributed by atoms with van der Waals surface area (Å²) in [7, 11) is 0. The Morgan fingerprint density at radius 3 is 2.21 bits per heavy atom. The van der Waals surface area contributed by atoms with Crippen LogP contribution in [-0.2, 0) is 9.59 Å². The van der Waals surface area contributed by atoms with E-state index in [2.05, 4.69) is 41.5 Å². The number of carboxylic acids is 2. The number of benzene rings is 1. The van der Waals surface area contributed by atoms with E-state index >= 15 is 0 Å². The average Bonchev–Trinajstić information content (AvgIpc) is 2.92. The number of aromatic carboxylic acids is 1. The van der Waals surface area contributed by atoms with Gasteiger partial charge in [0.2, 0.25) is 0 Å². The molecule has 5 aliphatic rings. The molecule has 1 aromatic rings. The number of rotatable bonds is 4. The number of carbonyl (C=O) groups excluding carboxylic acids is 1. The molecule has 0 spiro atoms. The van der Waals surface area contributed by atoms with Crippen LogP contribution in [0.5, 0.6) is 5.75 Å². The third kappa shape index (κ3) is 4.06. The summed E-state index contributed by atoms with van der Waals surface area (Å²) in [4.78, 5) is 38.9. The van der Waals surface area contributed by atoms with Crippen molar-refractivity contribution in [2.24, 2.45) is 50.2 Å². The minimum Gasteiger partial charge on any atom is -0.489 e. The average molecular weight is 591 g/mol. The second kappa shape index (κ2) is 9.44. The molecule has 4 fully saturated rings. The topological polar surface area (TPSA) is 101 Å². The first kappa shape index (κ1) is 30.4. The molecule has 0 heterocycles. The van der Waals surface area contributed by atoms with Gasteiger partial charge in [0.1, 0.15) is 17.4 Å². The zero-order valence-corrected chi connectivity index (χ0v) is 27.1. The second-order valence-corrected chi connectivity index (χ2v) is 16.8. The van der Waals surface area contributed by atoms with Gasteiger partial charge in [0.15, 0.2) is 5.78 Å². The Kier molecular flexibility index (Phi) is 6.67. The molecule has 0 aromatic heterocycles. The van der Waals surface area contributed by atoms with Crippen LogP contribution in [0, 0.1) is 50.2 Å². The van der Waals surface area contributed by atoms with E-state index in [-0.39, 0.29) is 62.3 Å². The lowest BCUT2D eigenvalue weighted by molar-refractivity contribution is -0.199. The van der Waals surface area contributed by atoms with E-state index in [1.165, 1.54) is 5.57 Å². The van der Waals surface area contributed by atoms with Crippen LogP contribution in [0.1, 0.15) is 117 Å². The van der Waals surface area contributed by atoms with Gasteiger partial charge in [-0.3, -0.25) is 9.59 Å². The quantitative estimate of drug-likeness (QED) is 0.367. The zero-order chi connectivity index (χ0) is 31.4. The lowest BCUT2D eigenvalue weighted by Crippen LogP contribution is -2.67. The van der Waals surface area contributed by atoms with Gasteiger partial charge in [0.05, 0.1) is 5.41 Å². The van der Waals surface area contributed by atoms with Crippen molar-refractivity contribution in [1.82, 2.24) is 0 Å². The number of allylic oxidation sites excluding steroid dienone is 2. The molecule has 4 saturated carbocycles. The van der Waals surface area contributed by atoms with Gasteiger partial charge in [0, 0.05) is 11.3 Å². The van der Waals surface area contributed by atoms with Crippen molar-refractivity contribution in [3.63, 3.8) is 0 Å². The van der Waals surface area contributed by atoms with E-state index in [0.29, 0.717) is 18.6 Å². The first-order chi connectivity index (χ1) is 19.9. The SMILES string of the molecule is CC1(C)[C@@H](Oc2ccccc2C(=O)O)CC[C@]2(C)[C@H]3C(=O)C=C4[C@@H]5C[C@@](C)(C(=O)O)CC[C@]5(C)CC[C@@]4(C)[C@]3(C)CC[C@@H]12. The van der Waals surface area contributed by atoms with Crippen molar-refractivity contribution < 1.29 is 29.3 Å². The van der Waals surface area contributed by atoms with Crippen LogP contribution in [0.4, 0.5) is 0 Å². The van der Waals surface area contributed by atoms with Crippen LogP contribution >= 0.6 is 0 Å². The number of hydrogen-bond donors (Lipinski definition) is 2. The van der Waals surface area contributed by atoms with Crippen molar-refractivity contribution in [1.29, 1.82) is 0 Å². The van der Waals surface area contributed by atoms with Crippen LogP contribution in [0.25, 0.3) is 0 Å². The molecule has 6 heteroatoms. The highest BCUT2D eigenvalue weighted by Crippen LogP contribution is 2.75. The van der Waals surface area contributed by atoms with Crippen LogP contribution in [-0.4, -0.2) is 34.0 Å². The van der Waals surface area contributed by atoms with Gasteiger partial charge in [-0.05, 0) is 116 Å². The van der Waals surface area contributed by atoms with E-state index in [9.17, 15) is 24.6 Å². The maximum Gasteiger partial charge on any atom is 0.339 e. The number of ketones is 1. The van der Waals surface area contributed by atoms with Crippen molar-refractivity contribution in [2.45, 2.75) is 112 Å².